The van der Waals surface area contributed by atoms with Gasteiger partial charge in [-0.2, -0.15) is 10.2 Å². The highest BCUT2D eigenvalue weighted by atomic mass is 35.5. The van der Waals surface area contributed by atoms with Gasteiger partial charge in [-0.05, 0) is 52.0 Å². The maximum atomic E-state index is 13.2. The molecule has 4 rings (SSSR count). The molecule has 11 heteroatoms. The van der Waals surface area contributed by atoms with Gasteiger partial charge in [-0.3, -0.25) is 9.48 Å². The fourth-order valence-corrected chi connectivity index (χ4v) is 3.59. The summed E-state index contributed by atoms with van der Waals surface area (Å²) in [5, 5.41) is 12.1. The van der Waals surface area contributed by atoms with Crippen molar-refractivity contribution in [3.63, 3.8) is 0 Å². The largest absolute Gasteiger partial charge is 0.496 e. The SMILES string of the molecule is COc1ccc(Cl)cc1-c1nn(C(C)C(=O)OC(C)(C)C)cc1NC(=O)c1cnn2cccnc12. The lowest BCUT2D eigenvalue weighted by molar-refractivity contribution is -0.158. The van der Waals surface area contributed by atoms with Gasteiger partial charge in [0.05, 0.1) is 25.2 Å². The number of nitrogens with one attached hydrogen (secondary N) is 1. The molecule has 1 amide bonds. The number of hydrogen-bond acceptors (Lipinski definition) is 7. The van der Waals surface area contributed by atoms with Gasteiger partial charge < -0.3 is 14.8 Å². The minimum atomic E-state index is -0.762. The second-order valence-corrected chi connectivity index (χ2v) is 9.26. The van der Waals surface area contributed by atoms with Crippen molar-refractivity contribution in [3.8, 4) is 17.0 Å². The molecular weight excluding hydrogens is 472 g/mol. The van der Waals surface area contributed by atoms with E-state index in [1.165, 1.54) is 22.5 Å². The zero-order valence-corrected chi connectivity index (χ0v) is 20.7. The maximum absolute atomic E-state index is 13.2. The van der Waals surface area contributed by atoms with Gasteiger partial charge >= 0.3 is 5.97 Å². The van der Waals surface area contributed by atoms with Crippen LogP contribution in [0.4, 0.5) is 5.69 Å². The number of aromatic nitrogens is 5. The highest BCUT2D eigenvalue weighted by molar-refractivity contribution is 6.31. The van der Waals surface area contributed by atoms with Crippen molar-refractivity contribution in [2.75, 3.05) is 12.4 Å². The number of hydrogen-bond donors (Lipinski definition) is 1. The molecule has 3 heterocycles. The van der Waals surface area contributed by atoms with Crippen LogP contribution in [0, 0.1) is 0 Å². The van der Waals surface area contributed by atoms with E-state index in [0.717, 1.165) is 0 Å². The van der Waals surface area contributed by atoms with Crippen LogP contribution >= 0.6 is 11.6 Å². The van der Waals surface area contributed by atoms with Crippen molar-refractivity contribution in [1.29, 1.82) is 0 Å². The van der Waals surface area contributed by atoms with E-state index in [1.807, 2.05) is 0 Å². The second kappa shape index (κ2) is 9.38. The molecule has 0 fully saturated rings. The van der Waals surface area contributed by atoms with E-state index in [9.17, 15) is 9.59 Å². The van der Waals surface area contributed by atoms with Crippen LogP contribution in [-0.4, -0.2) is 49.0 Å². The molecule has 3 aromatic heterocycles. The Morgan fingerprint density at radius 2 is 2.00 bits per heavy atom. The van der Waals surface area contributed by atoms with Gasteiger partial charge in [-0.1, -0.05) is 11.6 Å². The number of carbonyl (C=O) groups is 2. The van der Waals surface area contributed by atoms with Gasteiger partial charge in [-0.25, -0.2) is 14.3 Å². The Morgan fingerprint density at radius 3 is 2.71 bits per heavy atom. The van der Waals surface area contributed by atoms with E-state index in [0.29, 0.717) is 33.4 Å². The summed E-state index contributed by atoms with van der Waals surface area (Å²) < 4.78 is 13.9. The second-order valence-electron chi connectivity index (χ2n) is 8.83. The minimum absolute atomic E-state index is 0.280. The van der Waals surface area contributed by atoms with Crippen LogP contribution in [-0.2, 0) is 9.53 Å². The predicted molar refractivity (Wildman–Crippen MR) is 131 cm³/mol. The van der Waals surface area contributed by atoms with Crippen molar-refractivity contribution >= 4 is 34.8 Å². The molecule has 0 aliphatic rings. The molecular formula is C24H25ClN6O4. The summed E-state index contributed by atoms with van der Waals surface area (Å²) in [6.45, 7) is 7.04. The number of rotatable bonds is 6. The fraction of sp³-hybridized carbons (Fsp3) is 0.292. The summed E-state index contributed by atoms with van der Waals surface area (Å²) in [6.07, 6.45) is 6.28. The molecule has 0 spiro atoms. The van der Waals surface area contributed by atoms with Crippen LogP contribution < -0.4 is 10.1 Å². The normalized spacial score (nSPS) is 12.4. The monoisotopic (exact) mass is 496 g/mol. The van der Waals surface area contributed by atoms with Gasteiger partial charge in [0, 0.05) is 23.0 Å². The van der Waals surface area contributed by atoms with Crippen LogP contribution in [0.1, 0.15) is 44.1 Å². The molecule has 1 unspecified atom stereocenters. The van der Waals surface area contributed by atoms with Crippen molar-refractivity contribution in [2.24, 2.45) is 0 Å². The van der Waals surface area contributed by atoms with E-state index in [4.69, 9.17) is 21.1 Å². The fourth-order valence-electron chi connectivity index (χ4n) is 3.42. The summed E-state index contributed by atoms with van der Waals surface area (Å²) in [7, 11) is 1.52. The van der Waals surface area contributed by atoms with Gasteiger partial charge in [0.15, 0.2) is 5.65 Å². The number of anilines is 1. The average molecular weight is 497 g/mol. The van der Waals surface area contributed by atoms with Gasteiger partial charge in [0.1, 0.15) is 28.6 Å². The number of nitrogens with zero attached hydrogens (tertiary/aromatic N) is 5. The van der Waals surface area contributed by atoms with E-state index in [1.54, 1.807) is 70.6 Å². The van der Waals surface area contributed by atoms with Gasteiger partial charge in [-0.15, -0.1) is 0 Å². The molecule has 10 nitrogen and oxygen atoms in total. The zero-order valence-electron chi connectivity index (χ0n) is 19.9. The lowest BCUT2D eigenvalue weighted by Gasteiger charge is -2.22. The molecule has 0 radical (unpaired) electrons. The first kappa shape index (κ1) is 24.2. The number of benzene rings is 1. The highest BCUT2D eigenvalue weighted by Gasteiger charge is 2.27. The van der Waals surface area contributed by atoms with Crippen LogP contribution in [0.5, 0.6) is 5.75 Å². The number of ether oxygens (including phenoxy) is 2. The first-order valence-electron chi connectivity index (χ1n) is 10.8. The van der Waals surface area contributed by atoms with Crippen molar-refractivity contribution in [1.82, 2.24) is 24.4 Å². The Balaban J connectivity index is 1.77. The third-order valence-corrected chi connectivity index (χ3v) is 5.30. The Labute approximate surface area is 206 Å². The quantitative estimate of drug-likeness (QED) is 0.393. The Bertz CT molecular complexity index is 1400. The first-order chi connectivity index (χ1) is 16.6. The molecule has 182 valence electrons. The van der Waals surface area contributed by atoms with Gasteiger partial charge in [0.25, 0.3) is 5.91 Å². The third-order valence-electron chi connectivity index (χ3n) is 5.07. The lowest BCUT2D eigenvalue weighted by Crippen LogP contribution is -2.29. The number of halogens is 1. The maximum Gasteiger partial charge on any atom is 0.331 e. The van der Waals surface area contributed by atoms with Crippen LogP contribution in [0.2, 0.25) is 5.02 Å². The Hall–Kier alpha value is -3.92. The first-order valence-corrected chi connectivity index (χ1v) is 11.2. The smallest absolute Gasteiger partial charge is 0.331 e. The molecule has 0 aliphatic heterocycles. The zero-order chi connectivity index (χ0) is 25.3. The summed E-state index contributed by atoms with van der Waals surface area (Å²) in [5.74, 6) is -0.405. The minimum Gasteiger partial charge on any atom is -0.496 e. The number of amides is 1. The van der Waals surface area contributed by atoms with Crippen molar-refractivity contribution in [2.45, 2.75) is 39.3 Å². The van der Waals surface area contributed by atoms with Gasteiger partial charge in [0.2, 0.25) is 0 Å². The average Bonchev–Trinajstić information content (AvgIpc) is 3.42. The lowest BCUT2D eigenvalue weighted by atomic mass is 10.1. The molecule has 0 saturated heterocycles. The summed E-state index contributed by atoms with van der Waals surface area (Å²) in [6, 6.07) is 6.02. The summed E-state index contributed by atoms with van der Waals surface area (Å²) >= 11 is 6.25. The molecule has 4 aromatic rings. The number of fused-ring (bicyclic) bond motifs is 1. The van der Waals surface area contributed by atoms with Crippen LogP contribution in [0.15, 0.2) is 49.1 Å². The molecule has 1 N–H and O–H groups in total. The number of esters is 1. The van der Waals surface area contributed by atoms with E-state index in [2.05, 4.69) is 20.5 Å². The van der Waals surface area contributed by atoms with Crippen molar-refractivity contribution < 1.29 is 19.1 Å². The van der Waals surface area contributed by atoms with Crippen molar-refractivity contribution in [3.05, 3.63) is 59.6 Å². The van der Waals surface area contributed by atoms with E-state index >= 15 is 0 Å². The van der Waals surface area contributed by atoms with Crippen LogP contribution in [0.3, 0.4) is 0 Å². The predicted octanol–water partition coefficient (Wildman–Crippen LogP) is 4.41. The summed E-state index contributed by atoms with van der Waals surface area (Å²) in [4.78, 5) is 30.2. The van der Waals surface area contributed by atoms with E-state index in [-0.39, 0.29) is 5.56 Å². The molecule has 35 heavy (non-hydrogen) atoms. The topological polar surface area (TPSA) is 113 Å². The molecule has 0 saturated carbocycles. The molecule has 0 aliphatic carbocycles. The summed E-state index contributed by atoms with van der Waals surface area (Å²) in [5.41, 5.74) is 1.29. The molecule has 0 bridgehead atoms. The standard InChI is InChI=1S/C24H25ClN6O4/c1-14(23(33)35-24(2,3)4)31-13-18(20(29-31)16-11-15(25)7-8-19(16)34-5)28-22(32)17-12-27-30-10-6-9-26-21(17)30/h6-14H,1-5H3,(H,28,32). The Kier molecular flexibility index (Phi) is 6.49. The van der Waals surface area contributed by atoms with Crippen LogP contribution in [0.25, 0.3) is 16.9 Å². The molecule has 1 atom stereocenters. The highest BCUT2D eigenvalue weighted by Crippen LogP contribution is 2.37. The van der Waals surface area contributed by atoms with E-state index < -0.39 is 23.5 Å². The Morgan fingerprint density at radius 1 is 1.23 bits per heavy atom. The molecule has 1 aromatic carbocycles. The number of methoxy groups -OCH3 is 1. The number of carbonyl (C=O) groups excluding carboxylic acids is 2. The third kappa shape index (κ3) is 5.12.